The van der Waals surface area contributed by atoms with Crippen LogP contribution in [-0.2, 0) is 22.4 Å². The van der Waals surface area contributed by atoms with Gasteiger partial charge in [-0.1, -0.05) is 36.4 Å². The van der Waals surface area contributed by atoms with E-state index in [4.69, 9.17) is 4.74 Å². The van der Waals surface area contributed by atoms with Crippen LogP contribution < -0.4 is 20.7 Å². The van der Waals surface area contributed by atoms with Crippen LogP contribution in [0.15, 0.2) is 42.5 Å². The molecule has 0 spiro atoms. The highest BCUT2D eigenvalue weighted by Crippen LogP contribution is 2.39. The van der Waals surface area contributed by atoms with Gasteiger partial charge in [0.25, 0.3) is 5.91 Å². The van der Waals surface area contributed by atoms with Crippen LogP contribution in [-0.4, -0.2) is 67.2 Å². The maximum absolute atomic E-state index is 12.9. The zero-order valence-corrected chi connectivity index (χ0v) is 20.2. The highest BCUT2D eigenvalue weighted by Gasteiger charge is 2.28. The largest absolute Gasteiger partial charge is 0.506 e. The Labute approximate surface area is 207 Å². The van der Waals surface area contributed by atoms with Gasteiger partial charge in [-0.2, -0.15) is 0 Å². The van der Waals surface area contributed by atoms with Gasteiger partial charge in [-0.3, -0.25) is 9.59 Å². The fourth-order valence-electron chi connectivity index (χ4n) is 4.51. The molecule has 2 aromatic carbocycles. The first-order valence-corrected chi connectivity index (χ1v) is 12.6. The molecule has 0 aromatic heterocycles. The van der Waals surface area contributed by atoms with Crippen LogP contribution in [0.2, 0.25) is 0 Å². The smallest absolute Gasteiger partial charge is 0.262 e. The number of ether oxygens (including phenoxy) is 1. The third-order valence-electron chi connectivity index (χ3n) is 6.71. The molecule has 1 saturated carbocycles. The minimum absolute atomic E-state index is 0.00830. The van der Waals surface area contributed by atoms with Crippen molar-refractivity contribution in [3.05, 3.63) is 53.6 Å². The average Bonchev–Trinajstić information content (AvgIpc) is 2.83. The average molecular weight is 481 g/mol. The molecule has 0 radical (unpaired) electrons. The molecule has 4 rings (SSSR count). The first-order valence-electron chi connectivity index (χ1n) is 12.6. The molecule has 35 heavy (non-hydrogen) atoms. The number of benzene rings is 2. The molecular weight excluding hydrogens is 444 g/mol. The first kappa shape index (κ1) is 25.0. The minimum Gasteiger partial charge on any atom is -0.506 e. The molecule has 1 heterocycles. The second kappa shape index (κ2) is 12.6. The van der Waals surface area contributed by atoms with Crippen molar-refractivity contribution in [2.24, 2.45) is 0 Å². The van der Waals surface area contributed by atoms with Gasteiger partial charge in [-0.05, 0) is 62.4 Å². The van der Waals surface area contributed by atoms with Crippen molar-refractivity contribution in [1.29, 1.82) is 0 Å². The second-order valence-corrected chi connectivity index (χ2v) is 9.19. The van der Waals surface area contributed by atoms with Crippen LogP contribution in [0.1, 0.15) is 36.8 Å². The summed E-state index contributed by atoms with van der Waals surface area (Å²) in [6.45, 7) is 3.66. The number of nitrogens with zero attached hydrogens (tertiary/aromatic N) is 1. The number of rotatable bonds is 13. The lowest BCUT2D eigenvalue weighted by Gasteiger charge is -2.38. The predicted octanol–water partition coefficient (Wildman–Crippen LogP) is 2.46. The van der Waals surface area contributed by atoms with E-state index in [1.807, 2.05) is 12.1 Å². The van der Waals surface area contributed by atoms with Crippen molar-refractivity contribution in [3.8, 4) is 11.5 Å². The van der Waals surface area contributed by atoms with E-state index in [1.54, 1.807) is 6.07 Å². The van der Waals surface area contributed by atoms with Gasteiger partial charge in [0.05, 0.1) is 0 Å². The van der Waals surface area contributed by atoms with Crippen molar-refractivity contribution in [2.75, 3.05) is 44.6 Å². The number of fused-ring (bicyclic) bond motifs is 1. The van der Waals surface area contributed by atoms with Gasteiger partial charge in [0.2, 0.25) is 5.91 Å². The van der Waals surface area contributed by atoms with E-state index in [1.165, 1.54) is 12.0 Å². The van der Waals surface area contributed by atoms with E-state index >= 15 is 0 Å². The fraction of sp³-hybridized carbons (Fsp3) is 0.481. The van der Waals surface area contributed by atoms with E-state index in [9.17, 15) is 14.7 Å². The first-order chi connectivity index (χ1) is 17.1. The Morgan fingerprint density at radius 3 is 2.57 bits per heavy atom. The molecule has 0 atom stereocenters. The topological polar surface area (TPSA) is 103 Å². The summed E-state index contributed by atoms with van der Waals surface area (Å²) in [6, 6.07) is 14.1. The maximum Gasteiger partial charge on any atom is 0.262 e. The Morgan fingerprint density at radius 2 is 1.80 bits per heavy atom. The molecule has 0 bridgehead atoms. The van der Waals surface area contributed by atoms with Gasteiger partial charge in [0.1, 0.15) is 11.4 Å². The molecule has 1 aliphatic heterocycles. The maximum atomic E-state index is 12.9. The van der Waals surface area contributed by atoms with Crippen molar-refractivity contribution in [2.45, 2.75) is 44.6 Å². The molecule has 1 fully saturated rings. The lowest BCUT2D eigenvalue weighted by molar-refractivity contribution is -0.135. The molecule has 2 aromatic rings. The summed E-state index contributed by atoms with van der Waals surface area (Å²) in [5.41, 5.74) is 2.58. The van der Waals surface area contributed by atoms with Gasteiger partial charge in [-0.15, -0.1) is 0 Å². The molecule has 8 nitrogen and oxygen atoms in total. The fourth-order valence-corrected chi connectivity index (χ4v) is 4.51. The summed E-state index contributed by atoms with van der Waals surface area (Å²) in [7, 11) is 0. The van der Waals surface area contributed by atoms with Crippen molar-refractivity contribution in [3.63, 3.8) is 0 Å². The molecule has 1 aliphatic carbocycles. The van der Waals surface area contributed by atoms with Gasteiger partial charge in [0, 0.05) is 32.1 Å². The number of amides is 2. The number of carbonyl (C=O) groups is 2. The Kier molecular flexibility index (Phi) is 8.97. The lowest BCUT2D eigenvalue weighted by Crippen LogP contribution is -2.47. The molecule has 2 amide bonds. The van der Waals surface area contributed by atoms with Crippen LogP contribution in [0, 0.1) is 0 Å². The van der Waals surface area contributed by atoms with Crippen molar-refractivity contribution >= 4 is 17.5 Å². The van der Waals surface area contributed by atoms with Crippen LogP contribution in [0.25, 0.3) is 0 Å². The monoisotopic (exact) mass is 480 g/mol. The Morgan fingerprint density at radius 1 is 1.03 bits per heavy atom. The molecule has 8 heteroatoms. The summed E-state index contributed by atoms with van der Waals surface area (Å²) >= 11 is 0. The number of phenolic OH excluding ortho intramolecular Hbond substituents is 1. The van der Waals surface area contributed by atoms with E-state index in [0.717, 1.165) is 37.9 Å². The highest BCUT2D eigenvalue weighted by molar-refractivity contribution is 5.97. The van der Waals surface area contributed by atoms with Crippen LogP contribution in [0.3, 0.4) is 0 Å². The Balaban J connectivity index is 1.17. The number of hydrogen-bond donors (Lipinski definition) is 4. The Bertz CT molecular complexity index is 994. The number of aromatic hydroxyl groups is 1. The van der Waals surface area contributed by atoms with Gasteiger partial charge < -0.3 is 30.7 Å². The SMILES string of the molecule is O=C1COc2c(CCNCCN(C(=O)CCNCCc3ccccc3)C3CCC3)ccc(O)c2N1. The number of anilines is 1. The molecule has 4 N–H and O–H groups in total. The van der Waals surface area contributed by atoms with E-state index in [0.29, 0.717) is 50.0 Å². The molecule has 0 unspecified atom stereocenters. The number of carbonyl (C=O) groups excluding carboxylic acids is 2. The molecule has 2 aliphatic rings. The highest BCUT2D eigenvalue weighted by atomic mass is 16.5. The third-order valence-corrected chi connectivity index (χ3v) is 6.71. The van der Waals surface area contributed by atoms with E-state index < -0.39 is 0 Å². The van der Waals surface area contributed by atoms with E-state index in [-0.39, 0.29) is 24.2 Å². The van der Waals surface area contributed by atoms with Crippen molar-refractivity contribution < 1.29 is 19.4 Å². The zero-order valence-electron chi connectivity index (χ0n) is 20.2. The van der Waals surface area contributed by atoms with Crippen LogP contribution in [0.4, 0.5) is 5.69 Å². The summed E-state index contributed by atoms with van der Waals surface area (Å²) in [5.74, 6) is 0.502. The summed E-state index contributed by atoms with van der Waals surface area (Å²) < 4.78 is 5.55. The number of phenols is 1. The summed E-state index contributed by atoms with van der Waals surface area (Å²) in [4.78, 5) is 26.5. The molecular formula is C27H36N4O4. The lowest BCUT2D eigenvalue weighted by atomic mass is 9.91. The van der Waals surface area contributed by atoms with Crippen LogP contribution in [0.5, 0.6) is 11.5 Å². The number of nitrogens with one attached hydrogen (secondary N) is 3. The number of hydrogen-bond acceptors (Lipinski definition) is 6. The van der Waals surface area contributed by atoms with Gasteiger partial charge >= 0.3 is 0 Å². The summed E-state index contributed by atoms with van der Waals surface area (Å²) in [6.07, 6.45) is 5.56. The second-order valence-electron chi connectivity index (χ2n) is 9.19. The van der Waals surface area contributed by atoms with Gasteiger partial charge in [0.15, 0.2) is 12.4 Å². The van der Waals surface area contributed by atoms with E-state index in [2.05, 4.69) is 45.1 Å². The zero-order chi connectivity index (χ0) is 24.5. The predicted molar refractivity (Wildman–Crippen MR) is 136 cm³/mol. The molecule has 0 saturated heterocycles. The normalized spacial score (nSPS) is 15.0. The van der Waals surface area contributed by atoms with Gasteiger partial charge in [-0.25, -0.2) is 0 Å². The minimum atomic E-state index is -0.268. The molecule has 188 valence electrons. The Hall–Kier alpha value is -3.10. The quantitative estimate of drug-likeness (QED) is 0.259. The van der Waals surface area contributed by atoms with Crippen molar-refractivity contribution in [1.82, 2.24) is 15.5 Å². The standard InChI is InChI=1S/C27H36N4O4/c32-23-10-9-21(27-26(23)30-24(33)19-35-27)12-15-29-17-18-31(22-7-4-8-22)25(34)13-16-28-14-11-20-5-2-1-3-6-20/h1-3,5-6,9-10,22,28-29,32H,4,7-8,11-19H2,(H,30,33). The van der Waals surface area contributed by atoms with Crippen LogP contribution >= 0.6 is 0 Å². The summed E-state index contributed by atoms with van der Waals surface area (Å²) in [5, 5.41) is 19.5. The third kappa shape index (κ3) is 6.96.